The first-order valence-electron chi connectivity index (χ1n) is 9.73. The third-order valence-corrected chi connectivity index (χ3v) is 6.13. The van der Waals surface area contributed by atoms with E-state index in [1.54, 1.807) is 0 Å². The molecule has 0 saturated carbocycles. The molecule has 1 aliphatic heterocycles. The maximum Gasteiger partial charge on any atom is 0.229 e. The molecular weight excluding hydrogens is 379 g/mol. The van der Waals surface area contributed by atoms with Crippen molar-refractivity contribution in [1.29, 1.82) is 0 Å². The van der Waals surface area contributed by atoms with E-state index in [4.69, 9.17) is 11.6 Å². The van der Waals surface area contributed by atoms with Crippen LogP contribution in [-0.4, -0.2) is 47.0 Å². The fraction of sp³-hybridized carbons (Fsp3) is 0.476. The Kier molecular flexibility index (Phi) is 5.23. The van der Waals surface area contributed by atoms with Crippen LogP contribution in [0.1, 0.15) is 55.1 Å². The van der Waals surface area contributed by atoms with E-state index in [0.717, 1.165) is 16.9 Å². The van der Waals surface area contributed by atoms with Crippen LogP contribution < -0.4 is 4.90 Å². The minimum atomic E-state index is -1.00. The number of amides is 1. The van der Waals surface area contributed by atoms with Crippen molar-refractivity contribution >= 4 is 23.3 Å². The predicted octanol–water partition coefficient (Wildman–Crippen LogP) is 4.10. The summed E-state index contributed by atoms with van der Waals surface area (Å²) in [6.07, 6.45) is 0.923. The van der Waals surface area contributed by atoms with Crippen molar-refractivity contribution in [3.63, 3.8) is 0 Å². The number of rotatable bonds is 3. The van der Waals surface area contributed by atoms with E-state index in [2.05, 4.69) is 14.9 Å². The maximum atomic E-state index is 14.2. The molecule has 3 atom stereocenters. The van der Waals surface area contributed by atoms with Crippen LogP contribution in [0.3, 0.4) is 0 Å². The van der Waals surface area contributed by atoms with E-state index in [1.807, 2.05) is 43.0 Å². The summed E-state index contributed by atoms with van der Waals surface area (Å²) in [5.41, 5.74) is 2.44. The zero-order valence-electron chi connectivity index (χ0n) is 16.1. The molecule has 0 bridgehead atoms. The molecule has 1 unspecified atom stereocenters. The number of aromatic nitrogens is 2. The monoisotopic (exact) mass is 402 g/mol. The largest absolute Gasteiger partial charge is 0.353 e. The second-order valence-corrected chi connectivity index (χ2v) is 8.12. The first kappa shape index (κ1) is 19.1. The molecule has 5 nitrogen and oxygen atoms in total. The van der Waals surface area contributed by atoms with Crippen LogP contribution in [0, 0.1) is 0 Å². The van der Waals surface area contributed by atoms with Crippen LogP contribution >= 0.6 is 11.6 Å². The molecular formula is C21H24ClFN4O. The Balaban J connectivity index is 1.44. The van der Waals surface area contributed by atoms with Crippen LogP contribution in [0.5, 0.6) is 0 Å². The third kappa shape index (κ3) is 3.46. The Morgan fingerprint density at radius 2 is 1.86 bits per heavy atom. The van der Waals surface area contributed by atoms with Crippen molar-refractivity contribution < 1.29 is 9.18 Å². The van der Waals surface area contributed by atoms with Gasteiger partial charge >= 0.3 is 0 Å². The average Bonchev–Trinajstić information content (AvgIpc) is 3.01. The lowest BCUT2D eigenvalue weighted by Gasteiger charge is -2.37. The van der Waals surface area contributed by atoms with Gasteiger partial charge in [0.2, 0.25) is 5.91 Å². The van der Waals surface area contributed by atoms with E-state index < -0.39 is 6.17 Å². The Morgan fingerprint density at radius 3 is 2.54 bits per heavy atom. The fourth-order valence-electron chi connectivity index (χ4n) is 4.22. The number of benzene rings is 1. The Bertz CT molecular complexity index is 867. The molecule has 1 aliphatic carbocycles. The topological polar surface area (TPSA) is 49.3 Å². The number of carbonyl (C=O) groups is 1. The van der Waals surface area contributed by atoms with Crippen molar-refractivity contribution in [3.8, 4) is 0 Å². The fourth-order valence-corrected chi connectivity index (χ4v) is 4.35. The first-order chi connectivity index (χ1) is 13.5. The molecule has 4 rings (SSSR count). The van der Waals surface area contributed by atoms with Gasteiger partial charge in [0.15, 0.2) is 0 Å². The van der Waals surface area contributed by atoms with Gasteiger partial charge in [-0.15, -0.1) is 0 Å². The van der Waals surface area contributed by atoms with Gasteiger partial charge in [-0.2, -0.15) is 0 Å². The number of piperazine rings is 1. The zero-order chi connectivity index (χ0) is 19.8. The number of hydrogen-bond acceptors (Lipinski definition) is 4. The Labute approximate surface area is 169 Å². The summed E-state index contributed by atoms with van der Waals surface area (Å²) >= 11 is 5.94. The molecule has 7 heteroatoms. The molecule has 2 aliphatic rings. The highest BCUT2D eigenvalue weighted by atomic mass is 35.5. The minimum absolute atomic E-state index is 0.116. The van der Waals surface area contributed by atoms with Gasteiger partial charge in [-0.05, 0) is 37.0 Å². The molecule has 2 heterocycles. The van der Waals surface area contributed by atoms with Crippen molar-refractivity contribution in [2.45, 2.75) is 38.3 Å². The lowest BCUT2D eigenvalue weighted by atomic mass is 9.99. The summed E-state index contributed by atoms with van der Waals surface area (Å²) < 4.78 is 14.2. The standard InChI is InChI=1S/C21H24ClFN4O/c1-13-11-17(23)19-18(13)20(25-12-24-19)26-7-9-27(10-8-26)21(28)14(2)15-3-5-16(22)6-4-15/h3-6,12-14,17H,7-11H2,1-2H3/t13-,14+,17?/m1/s1. The van der Waals surface area contributed by atoms with E-state index in [9.17, 15) is 9.18 Å². The van der Waals surface area contributed by atoms with E-state index in [1.165, 1.54) is 6.33 Å². The molecule has 1 amide bonds. The number of hydrogen-bond donors (Lipinski definition) is 0. The SMILES string of the molecule is C[C@@H]1CC(F)c2ncnc(N3CCN(C(=O)[C@@H](C)c4ccc(Cl)cc4)CC3)c21. The summed E-state index contributed by atoms with van der Waals surface area (Å²) in [6.45, 7) is 6.58. The molecule has 1 saturated heterocycles. The number of nitrogens with zero attached hydrogens (tertiary/aromatic N) is 4. The van der Waals surface area contributed by atoms with Gasteiger partial charge in [0.05, 0.1) is 11.6 Å². The van der Waals surface area contributed by atoms with Crippen molar-refractivity contribution in [1.82, 2.24) is 14.9 Å². The van der Waals surface area contributed by atoms with Crippen molar-refractivity contribution in [2.24, 2.45) is 0 Å². The molecule has 148 valence electrons. The molecule has 1 fully saturated rings. The molecule has 0 spiro atoms. The third-order valence-electron chi connectivity index (χ3n) is 5.87. The quantitative estimate of drug-likeness (QED) is 0.775. The van der Waals surface area contributed by atoms with Gasteiger partial charge in [-0.25, -0.2) is 14.4 Å². The van der Waals surface area contributed by atoms with Crippen molar-refractivity contribution in [3.05, 3.63) is 52.4 Å². The van der Waals surface area contributed by atoms with Crippen LogP contribution in [0.25, 0.3) is 0 Å². The number of fused-ring (bicyclic) bond motifs is 1. The molecule has 0 radical (unpaired) electrons. The van der Waals surface area contributed by atoms with Gasteiger partial charge in [0, 0.05) is 36.8 Å². The number of anilines is 1. The highest BCUT2D eigenvalue weighted by Gasteiger charge is 2.35. The van der Waals surface area contributed by atoms with E-state index in [0.29, 0.717) is 43.3 Å². The normalized spacial score (nSPS) is 22.9. The molecule has 1 aromatic carbocycles. The Hall–Kier alpha value is -2.21. The summed E-state index contributed by atoms with van der Waals surface area (Å²) in [5.74, 6) is 0.854. The maximum absolute atomic E-state index is 14.2. The first-order valence-corrected chi connectivity index (χ1v) is 10.1. The molecule has 28 heavy (non-hydrogen) atoms. The van der Waals surface area contributed by atoms with Gasteiger partial charge in [-0.3, -0.25) is 4.79 Å². The highest BCUT2D eigenvalue weighted by molar-refractivity contribution is 6.30. The van der Waals surface area contributed by atoms with Gasteiger partial charge in [0.1, 0.15) is 18.3 Å². The van der Waals surface area contributed by atoms with Gasteiger partial charge < -0.3 is 9.80 Å². The summed E-state index contributed by atoms with van der Waals surface area (Å²) in [5, 5.41) is 0.666. The van der Waals surface area contributed by atoms with Crippen LogP contribution in [0.15, 0.2) is 30.6 Å². The number of carbonyl (C=O) groups excluding carboxylic acids is 1. The van der Waals surface area contributed by atoms with E-state index >= 15 is 0 Å². The highest BCUT2D eigenvalue weighted by Crippen LogP contribution is 2.44. The minimum Gasteiger partial charge on any atom is -0.353 e. The number of alkyl halides is 1. The van der Waals surface area contributed by atoms with Gasteiger partial charge in [-0.1, -0.05) is 30.7 Å². The van der Waals surface area contributed by atoms with Crippen LogP contribution in [-0.2, 0) is 4.79 Å². The zero-order valence-corrected chi connectivity index (χ0v) is 16.9. The summed E-state index contributed by atoms with van der Waals surface area (Å²) in [4.78, 5) is 25.6. The molecule has 2 aromatic rings. The second kappa shape index (κ2) is 7.66. The number of halogens is 2. The lowest BCUT2D eigenvalue weighted by Crippen LogP contribution is -2.50. The Morgan fingerprint density at radius 1 is 1.18 bits per heavy atom. The molecule has 0 N–H and O–H groups in total. The van der Waals surface area contributed by atoms with E-state index in [-0.39, 0.29) is 17.7 Å². The van der Waals surface area contributed by atoms with Crippen LogP contribution in [0.2, 0.25) is 5.02 Å². The predicted molar refractivity (Wildman–Crippen MR) is 108 cm³/mol. The second-order valence-electron chi connectivity index (χ2n) is 7.69. The van der Waals surface area contributed by atoms with Gasteiger partial charge in [0.25, 0.3) is 0 Å². The summed E-state index contributed by atoms with van der Waals surface area (Å²) in [6, 6.07) is 7.43. The van der Waals surface area contributed by atoms with Crippen LogP contribution in [0.4, 0.5) is 10.2 Å². The lowest BCUT2D eigenvalue weighted by molar-refractivity contribution is -0.132. The molecule has 1 aromatic heterocycles. The van der Waals surface area contributed by atoms with Crippen molar-refractivity contribution in [2.75, 3.05) is 31.1 Å². The smallest absolute Gasteiger partial charge is 0.229 e. The average molecular weight is 403 g/mol. The summed E-state index contributed by atoms with van der Waals surface area (Å²) in [7, 11) is 0.